The number of alkyl halides is 2. The number of H-pyrrole nitrogens is 1. The normalized spacial score (nSPS) is 16.7. The van der Waals surface area contributed by atoms with Crippen molar-refractivity contribution in [2.24, 2.45) is 0 Å². The molecule has 4 rings (SSSR count). The quantitative estimate of drug-likeness (QED) is 0.453. The molecule has 33 heavy (non-hydrogen) atoms. The molecule has 0 aliphatic carbocycles. The summed E-state index contributed by atoms with van der Waals surface area (Å²) in [7, 11) is 0. The van der Waals surface area contributed by atoms with Crippen molar-refractivity contribution < 1.29 is 23.0 Å². The number of benzene rings is 1. The van der Waals surface area contributed by atoms with E-state index in [9.17, 15) is 13.6 Å². The first-order chi connectivity index (χ1) is 16.0. The van der Waals surface area contributed by atoms with Crippen LogP contribution in [-0.2, 0) is 0 Å². The van der Waals surface area contributed by atoms with Gasteiger partial charge in [-0.2, -0.15) is 5.10 Å². The lowest BCUT2D eigenvalue weighted by atomic mass is 9.94. The number of carbonyl (C=O) groups excluding carboxylic acids is 1. The molecule has 3 aromatic rings. The second-order valence-corrected chi connectivity index (χ2v) is 8.11. The maximum Gasteiger partial charge on any atom is 0.272 e. The summed E-state index contributed by atoms with van der Waals surface area (Å²) in [4.78, 5) is 18.4. The zero-order chi connectivity index (χ0) is 23.2. The van der Waals surface area contributed by atoms with Crippen LogP contribution in [0.2, 0.25) is 0 Å². The maximum absolute atomic E-state index is 12.4. The molecule has 1 unspecified atom stereocenters. The van der Waals surface area contributed by atoms with Crippen molar-refractivity contribution >= 4 is 11.5 Å². The van der Waals surface area contributed by atoms with Crippen LogP contribution in [0.4, 0.5) is 14.5 Å². The SMILES string of the molecule is C[C@H](CC(=O)c1cn[nH]c1)c1ccc(OC2CCN(c3ccnc(OCC(F)F)c3)C2)cc1. The minimum atomic E-state index is -2.54. The van der Waals surface area contributed by atoms with Crippen LogP contribution in [-0.4, -0.2) is 53.2 Å². The first-order valence-electron chi connectivity index (χ1n) is 10.9. The Labute approximate surface area is 190 Å². The van der Waals surface area contributed by atoms with Crippen molar-refractivity contribution in [3.63, 3.8) is 0 Å². The zero-order valence-electron chi connectivity index (χ0n) is 18.3. The number of pyridine rings is 1. The average Bonchev–Trinajstić information content (AvgIpc) is 3.51. The Kier molecular flexibility index (Phi) is 7.16. The zero-order valence-corrected chi connectivity index (χ0v) is 18.3. The van der Waals surface area contributed by atoms with Gasteiger partial charge in [0.2, 0.25) is 5.88 Å². The minimum Gasteiger partial charge on any atom is -0.489 e. The van der Waals surface area contributed by atoms with Gasteiger partial charge < -0.3 is 14.4 Å². The maximum atomic E-state index is 12.4. The fourth-order valence-electron chi connectivity index (χ4n) is 3.87. The third-order valence-electron chi connectivity index (χ3n) is 5.65. The number of ether oxygens (including phenoxy) is 2. The molecule has 7 nitrogen and oxygen atoms in total. The monoisotopic (exact) mass is 456 g/mol. The largest absolute Gasteiger partial charge is 0.489 e. The molecule has 2 atom stereocenters. The second-order valence-electron chi connectivity index (χ2n) is 8.11. The number of hydrogen-bond donors (Lipinski definition) is 1. The van der Waals surface area contributed by atoms with Crippen LogP contribution < -0.4 is 14.4 Å². The van der Waals surface area contributed by atoms with Gasteiger partial charge >= 0.3 is 0 Å². The number of ketones is 1. The van der Waals surface area contributed by atoms with E-state index in [4.69, 9.17) is 9.47 Å². The van der Waals surface area contributed by atoms with Crippen molar-refractivity contribution in [1.29, 1.82) is 0 Å². The Morgan fingerprint density at radius 1 is 1.27 bits per heavy atom. The Hall–Kier alpha value is -3.49. The third-order valence-corrected chi connectivity index (χ3v) is 5.65. The Morgan fingerprint density at radius 2 is 2.09 bits per heavy atom. The molecule has 1 fully saturated rings. The standard InChI is InChI=1S/C24H26F2N4O3/c1-16(10-22(31)18-12-28-29-13-18)17-2-4-20(5-3-17)33-21-7-9-30(14-21)19-6-8-27-24(11-19)32-15-23(25)26/h2-6,8,11-13,16,21,23H,7,9-10,14-15H2,1H3,(H,28,29)/t16-,21?/m1/s1. The van der Waals surface area contributed by atoms with Crippen molar-refractivity contribution in [2.45, 2.75) is 38.2 Å². The van der Waals surface area contributed by atoms with Crippen molar-refractivity contribution in [3.05, 3.63) is 66.1 Å². The number of nitrogens with one attached hydrogen (secondary N) is 1. The summed E-state index contributed by atoms with van der Waals surface area (Å²) in [5.41, 5.74) is 2.53. The molecule has 0 radical (unpaired) electrons. The van der Waals surface area contributed by atoms with Gasteiger partial charge in [0, 0.05) is 43.5 Å². The van der Waals surface area contributed by atoms with Gasteiger partial charge in [0.05, 0.1) is 18.3 Å². The summed E-state index contributed by atoms with van der Waals surface area (Å²) in [6.45, 7) is 2.81. The van der Waals surface area contributed by atoms with Gasteiger partial charge in [-0.25, -0.2) is 13.8 Å². The van der Waals surface area contributed by atoms with E-state index in [1.807, 2.05) is 37.3 Å². The number of hydrogen-bond acceptors (Lipinski definition) is 6. The number of halogens is 2. The highest BCUT2D eigenvalue weighted by Gasteiger charge is 2.25. The van der Waals surface area contributed by atoms with Gasteiger partial charge in [-0.05, 0) is 29.7 Å². The molecule has 0 spiro atoms. The molecule has 174 valence electrons. The average molecular weight is 456 g/mol. The number of aromatic amines is 1. The van der Waals surface area contributed by atoms with Crippen LogP contribution in [0, 0.1) is 0 Å². The molecule has 0 amide bonds. The van der Waals surface area contributed by atoms with Crippen LogP contribution in [0.25, 0.3) is 0 Å². The lowest BCUT2D eigenvalue weighted by molar-refractivity contribution is 0.0796. The number of nitrogens with zero attached hydrogens (tertiary/aromatic N) is 3. The summed E-state index contributed by atoms with van der Waals surface area (Å²) in [6, 6.07) is 11.3. The molecular formula is C24H26F2N4O3. The van der Waals surface area contributed by atoms with Crippen molar-refractivity contribution in [3.8, 4) is 11.6 Å². The molecule has 1 aliphatic rings. The summed E-state index contributed by atoms with van der Waals surface area (Å²) in [6.07, 6.45) is 3.43. The van der Waals surface area contributed by atoms with Crippen LogP contribution in [0.15, 0.2) is 55.0 Å². The minimum absolute atomic E-state index is 0.00883. The number of aromatic nitrogens is 3. The van der Waals surface area contributed by atoms with Crippen molar-refractivity contribution in [1.82, 2.24) is 15.2 Å². The fraction of sp³-hybridized carbons (Fsp3) is 0.375. The third kappa shape index (κ3) is 6.06. The Morgan fingerprint density at radius 3 is 2.82 bits per heavy atom. The molecule has 9 heteroatoms. The molecule has 1 saturated heterocycles. The number of Topliss-reactive ketones (excluding diaryl/α,β-unsaturated/α-hetero) is 1. The van der Waals surface area contributed by atoms with Gasteiger partial charge in [0.1, 0.15) is 11.9 Å². The van der Waals surface area contributed by atoms with Crippen LogP contribution >= 0.6 is 0 Å². The summed E-state index contributed by atoms with van der Waals surface area (Å²) in [5.74, 6) is 1.10. The van der Waals surface area contributed by atoms with Crippen LogP contribution in [0.5, 0.6) is 11.6 Å². The molecular weight excluding hydrogens is 430 g/mol. The van der Waals surface area contributed by atoms with E-state index < -0.39 is 13.0 Å². The summed E-state index contributed by atoms with van der Waals surface area (Å²) >= 11 is 0. The molecule has 1 N–H and O–H groups in total. The Balaban J connectivity index is 1.29. The molecule has 0 saturated carbocycles. The first-order valence-corrected chi connectivity index (χ1v) is 10.9. The van der Waals surface area contributed by atoms with Gasteiger partial charge in [-0.1, -0.05) is 19.1 Å². The van der Waals surface area contributed by atoms with Gasteiger partial charge in [-0.3, -0.25) is 9.89 Å². The number of rotatable bonds is 10. The van der Waals surface area contributed by atoms with E-state index in [-0.39, 0.29) is 23.7 Å². The van der Waals surface area contributed by atoms with Crippen LogP contribution in [0.1, 0.15) is 41.6 Å². The van der Waals surface area contributed by atoms with E-state index in [0.29, 0.717) is 18.5 Å². The smallest absolute Gasteiger partial charge is 0.272 e. The molecule has 1 aromatic carbocycles. The number of anilines is 1. The predicted octanol–water partition coefficient (Wildman–Crippen LogP) is 4.48. The fourth-order valence-corrected chi connectivity index (χ4v) is 3.87. The molecule has 2 aromatic heterocycles. The molecule has 1 aliphatic heterocycles. The second kappa shape index (κ2) is 10.4. The van der Waals surface area contributed by atoms with E-state index >= 15 is 0 Å². The number of carbonyl (C=O) groups is 1. The highest BCUT2D eigenvalue weighted by atomic mass is 19.3. The van der Waals surface area contributed by atoms with E-state index in [1.54, 1.807) is 24.7 Å². The lowest BCUT2D eigenvalue weighted by Gasteiger charge is -2.20. The van der Waals surface area contributed by atoms with Gasteiger partial charge in [0.25, 0.3) is 6.43 Å². The van der Waals surface area contributed by atoms with Gasteiger partial charge in [0.15, 0.2) is 12.4 Å². The van der Waals surface area contributed by atoms with E-state index in [0.717, 1.165) is 30.0 Å². The van der Waals surface area contributed by atoms with Crippen molar-refractivity contribution in [2.75, 3.05) is 24.6 Å². The van der Waals surface area contributed by atoms with Gasteiger partial charge in [-0.15, -0.1) is 0 Å². The molecule has 0 bridgehead atoms. The summed E-state index contributed by atoms with van der Waals surface area (Å²) in [5, 5.41) is 6.49. The van der Waals surface area contributed by atoms with E-state index in [1.165, 1.54) is 0 Å². The topological polar surface area (TPSA) is 80.3 Å². The lowest BCUT2D eigenvalue weighted by Crippen LogP contribution is -2.24. The summed E-state index contributed by atoms with van der Waals surface area (Å²) < 4.78 is 35.9. The van der Waals surface area contributed by atoms with E-state index in [2.05, 4.69) is 20.1 Å². The highest BCUT2D eigenvalue weighted by Crippen LogP contribution is 2.27. The highest BCUT2D eigenvalue weighted by molar-refractivity contribution is 5.96. The molecule has 3 heterocycles. The predicted molar refractivity (Wildman–Crippen MR) is 119 cm³/mol. The first kappa shape index (κ1) is 22.7. The van der Waals surface area contributed by atoms with Crippen LogP contribution in [0.3, 0.4) is 0 Å². The Bertz CT molecular complexity index is 1040.